The Balaban J connectivity index is 2.10. The van der Waals surface area contributed by atoms with Crippen LogP contribution in [-0.2, 0) is 11.2 Å². The highest BCUT2D eigenvalue weighted by molar-refractivity contribution is 6.05. The summed E-state index contributed by atoms with van der Waals surface area (Å²) in [6.45, 7) is 3.34. The van der Waals surface area contributed by atoms with Gasteiger partial charge in [-0.1, -0.05) is 5.16 Å². The quantitative estimate of drug-likeness (QED) is 0.877. The first-order valence-corrected chi connectivity index (χ1v) is 5.88. The van der Waals surface area contributed by atoms with Crippen LogP contribution in [-0.4, -0.2) is 27.1 Å². The van der Waals surface area contributed by atoms with Gasteiger partial charge in [-0.2, -0.15) is 0 Å². The van der Waals surface area contributed by atoms with Crippen molar-refractivity contribution in [2.75, 3.05) is 5.32 Å². The molecule has 20 heavy (non-hydrogen) atoms. The average Bonchev–Trinajstić information content (AvgIpc) is 2.71. The zero-order chi connectivity index (χ0) is 14.7. The standard InChI is InChI=1S/C13H13N3O4/c1-7-12(8(2)20-16-7)13(19)15-10-4-3-9(14-6-10)5-11(17)18/h3-4,6H,5H2,1-2H3,(H,15,19)(H,17,18). The van der Waals surface area contributed by atoms with Crippen LogP contribution in [0.5, 0.6) is 0 Å². The molecule has 1 amide bonds. The van der Waals surface area contributed by atoms with Gasteiger partial charge in [-0.3, -0.25) is 14.6 Å². The van der Waals surface area contributed by atoms with E-state index < -0.39 is 5.97 Å². The number of aliphatic carboxylic acids is 1. The minimum absolute atomic E-state index is 0.155. The minimum Gasteiger partial charge on any atom is -0.481 e. The Bertz CT molecular complexity index is 627. The molecule has 2 N–H and O–H groups in total. The van der Waals surface area contributed by atoms with Gasteiger partial charge in [-0.05, 0) is 26.0 Å². The molecule has 2 heterocycles. The van der Waals surface area contributed by atoms with Gasteiger partial charge in [0.2, 0.25) is 0 Å². The molecule has 0 aliphatic carbocycles. The van der Waals surface area contributed by atoms with Crippen LogP contribution in [0.2, 0.25) is 0 Å². The van der Waals surface area contributed by atoms with E-state index in [0.29, 0.717) is 28.4 Å². The van der Waals surface area contributed by atoms with E-state index in [4.69, 9.17) is 9.63 Å². The third-order valence-electron chi connectivity index (χ3n) is 2.68. The molecular formula is C13H13N3O4. The van der Waals surface area contributed by atoms with E-state index in [1.807, 2.05) is 0 Å². The first kappa shape index (κ1) is 13.7. The van der Waals surface area contributed by atoms with Gasteiger partial charge in [0.25, 0.3) is 5.91 Å². The number of carboxylic acids is 1. The van der Waals surface area contributed by atoms with Crippen molar-refractivity contribution in [1.29, 1.82) is 0 Å². The van der Waals surface area contributed by atoms with Crippen molar-refractivity contribution >= 4 is 17.6 Å². The van der Waals surface area contributed by atoms with Crippen molar-refractivity contribution in [2.45, 2.75) is 20.3 Å². The fourth-order valence-electron chi connectivity index (χ4n) is 1.76. The molecule has 7 nitrogen and oxygen atoms in total. The minimum atomic E-state index is -0.954. The average molecular weight is 275 g/mol. The number of pyridine rings is 1. The van der Waals surface area contributed by atoms with E-state index in [9.17, 15) is 9.59 Å². The summed E-state index contributed by atoms with van der Waals surface area (Å²) < 4.78 is 4.93. The summed E-state index contributed by atoms with van der Waals surface area (Å²) in [6, 6.07) is 3.15. The zero-order valence-electron chi connectivity index (χ0n) is 11.0. The Morgan fingerprint density at radius 2 is 2.10 bits per heavy atom. The summed E-state index contributed by atoms with van der Waals surface area (Å²) in [5.74, 6) is -0.852. The molecule has 7 heteroatoms. The second-order valence-corrected chi connectivity index (χ2v) is 4.26. The van der Waals surface area contributed by atoms with Gasteiger partial charge < -0.3 is 14.9 Å². The number of rotatable bonds is 4. The predicted molar refractivity (Wildman–Crippen MR) is 69.5 cm³/mol. The molecule has 0 saturated carbocycles. The molecule has 0 bridgehead atoms. The molecule has 2 aromatic rings. The van der Waals surface area contributed by atoms with Gasteiger partial charge in [-0.25, -0.2) is 0 Å². The number of aryl methyl sites for hydroxylation is 2. The number of carbonyl (C=O) groups excluding carboxylic acids is 1. The van der Waals surface area contributed by atoms with E-state index in [0.717, 1.165) is 0 Å². The van der Waals surface area contributed by atoms with E-state index >= 15 is 0 Å². The highest BCUT2D eigenvalue weighted by Crippen LogP contribution is 2.15. The van der Waals surface area contributed by atoms with Crippen molar-refractivity contribution in [1.82, 2.24) is 10.1 Å². The fraction of sp³-hybridized carbons (Fsp3) is 0.231. The van der Waals surface area contributed by atoms with E-state index in [-0.39, 0.29) is 12.3 Å². The van der Waals surface area contributed by atoms with Gasteiger partial charge in [0.1, 0.15) is 11.3 Å². The van der Waals surface area contributed by atoms with Crippen LogP contribution in [0.4, 0.5) is 5.69 Å². The lowest BCUT2D eigenvalue weighted by atomic mass is 10.2. The number of hydrogen-bond acceptors (Lipinski definition) is 5. The van der Waals surface area contributed by atoms with Gasteiger partial charge in [0.05, 0.1) is 29.7 Å². The number of anilines is 1. The first-order chi connectivity index (χ1) is 9.47. The number of carbonyl (C=O) groups is 2. The number of amides is 1. The summed E-state index contributed by atoms with van der Waals surface area (Å²) in [5, 5.41) is 15.0. The fourth-order valence-corrected chi connectivity index (χ4v) is 1.76. The topological polar surface area (TPSA) is 105 Å². The summed E-state index contributed by atoms with van der Waals surface area (Å²) in [7, 11) is 0. The Morgan fingerprint density at radius 1 is 1.35 bits per heavy atom. The maximum atomic E-state index is 12.0. The summed E-state index contributed by atoms with van der Waals surface area (Å²) in [4.78, 5) is 26.5. The van der Waals surface area contributed by atoms with Crippen LogP contribution < -0.4 is 5.32 Å². The predicted octanol–water partition coefficient (Wildman–Crippen LogP) is 1.57. The van der Waals surface area contributed by atoms with Crippen LogP contribution in [0.1, 0.15) is 27.5 Å². The number of nitrogens with one attached hydrogen (secondary N) is 1. The van der Waals surface area contributed by atoms with E-state index in [1.54, 1.807) is 26.0 Å². The van der Waals surface area contributed by atoms with Crippen molar-refractivity contribution in [3.05, 3.63) is 41.0 Å². The molecule has 0 aliphatic heterocycles. The van der Waals surface area contributed by atoms with E-state index in [1.165, 1.54) is 6.20 Å². The van der Waals surface area contributed by atoms with Crippen LogP contribution >= 0.6 is 0 Å². The Labute approximate surface area is 114 Å². The Morgan fingerprint density at radius 3 is 2.60 bits per heavy atom. The van der Waals surface area contributed by atoms with Crippen molar-refractivity contribution in [2.24, 2.45) is 0 Å². The lowest BCUT2D eigenvalue weighted by Crippen LogP contribution is -2.14. The molecule has 0 aliphatic rings. The van der Waals surface area contributed by atoms with Crippen molar-refractivity contribution < 1.29 is 19.2 Å². The number of carboxylic acid groups (broad SMARTS) is 1. The third-order valence-corrected chi connectivity index (χ3v) is 2.68. The smallest absolute Gasteiger partial charge is 0.309 e. The molecule has 104 valence electrons. The molecule has 0 unspecified atom stereocenters. The van der Waals surface area contributed by atoms with E-state index in [2.05, 4.69) is 15.5 Å². The highest BCUT2D eigenvalue weighted by Gasteiger charge is 2.17. The van der Waals surface area contributed by atoms with Crippen LogP contribution in [0.25, 0.3) is 0 Å². The van der Waals surface area contributed by atoms with Gasteiger partial charge in [-0.15, -0.1) is 0 Å². The lowest BCUT2D eigenvalue weighted by molar-refractivity contribution is -0.136. The summed E-state index contributed by atoms with van der Waals surface area (Å²) in [6.07, 6.45) is 1.26. The summed E-state index contributed by atoms with van der Waals surface area (Å²) >= 11 is 0. The maximum absolute atomic E-state index is 12.0. The second-order valence-electron chi connectivity index (χ2n) is 4.26. The largest absolute Gasteiger partial charge is 0.481 e. The number of hydrogen-bond donors (Lipinski definition) is 2. The molecule has 2 aromatic heterocycles. The molecule has 0 atom stereocenters. The highest BCUT2D eigenvalue weighted by atomic mass is 16.5. The normalized spacial score (nSPS) is 10.3. The third kappa shape index (κ3) is 3.00. The van der Waals surface area contributed by atoms with Crippen molar-refractivity contribution in [3.63, 3.8) is 0 Å². The second kappa shape index (κ2) is 5.52. The maximum Gasteiger partial charge on any atom is 0.309 e. The Kier molecular flexibility index (Phi) is 3.79. The van der Waals surface area contributed by atoms with Gasteiger partial charge in [0, 0.05) is 0 Å². The monoisotopic (exact) mass is 275 g/mol. The molecule has 2 rings (SSSR count). The summed E-state index contributed by atoms with van der Waals surface area (Å²) in [5.41, 5.74) is 1.80. The van der Waals surface area contributed by atoms with Gasteiger partial charge >= 0.3 is 5.97 Å². The Hall–Kier alpha value is -2.70. The molecule has 0 saturated heterocycles. The van der Waals surface area contributed by atoms with Crippen LogP contribution in [0, 0.1) is 13.8 Å². The van der Waals surface area contributed by atoms with Crippen LogP contribution in [0.3, 0.4) is 0 Å². The molecule has 0 spiro atoms. The lowest BCUT2D eigenvalue weighted by Gasteiger charge is -2.05. The number of nitrogens with zero attached hydrogens (tertiary/aromatic N) is 2. The molecule has 0 radical (unpaired) electrons. The SMILES string of the molecule is Cc1noc(C)c1C(=O)Nc1ccc(CC(=O)O)nc1. The number of aromatic nitrogens is 2. The van der Waals surface area contributed by atoms with Crippen molar-refractivity contribution in [3.8, 4) is 0 Å². The molecular weight excluding hydrogens is 262 g/mol. The molecule has 0 fully saturated rings. The molecule has 0 aromatic carbocycles. The van der Waals surface area contributed by atoms with Gasteiger partial charge in [0.15, 0.2) is 0 Å². The zero-order valence-corrected chi connectivity index (χ0v) is 11.0. The first-order valence-electron chi connectivity index (χ1n) is 5.88. The van der Waals surface area contributed by atoms with Crippen LogP contribution in [0.15, 0.2) is 22.9 Å².